The van der Waals surface area contributed by atoms with Crippen LogP contribution >= 0.6 is 0 Å². The first-order chi connectivity index (χ1) is 7.66. The van der Waals surface area contributed by atoms with Crippen LogP contribution in [0.1, 0.15) is 21.6 Å². The highest BCUT2D eigenvalue weighted by molar-refractivity contribution is 5.97. The van der Waals surface area contributed by atoms with Crippen LogP contribution in [0.15, 0.2) is 28.9 Å². The van der Waals surface area contributed by atoms with Crippen LogP contribution in [-0.2, 0) is 6.42 Å². The Balaban J connectivity index is 2.15. The Morgan fingerprint density at radius 2 is 2.00 bits per heavy atom. The highest BCUT2D eigenvalue weighted by Gasteiger charge is 2.13. The maximum atomic E-state index is 11.8. The number of rotatable bonds is 3. The van der Waals surface area contributed by atoms with E-state index in [-0.39, 0.29) is 18.0 Å². The Labute approximate surface area is 92.2 Å². The van der Waals surface area contributed by atoms with E-state index in [1.807, 2.05) is 19.1 Å². The first-order valence-electron chi connectivity index (χ1n) is 4.83. The smallest absolute Gasteiger partial charge is 0.191 e. The van der Waals surface area contributed by atoms with Gasteiger partial charge in [-0.1, -0.05) is 35.0 Å². The number of nitrogens with two attached hydrogens (primary N) is 1. The third kappa shape index (κ3) is 2.08. The van der Waals surface area contributed by atoms with Crippen LogP contribution in [0, 0.1) is 6.92 Å². The average molecular weight is 217 g/mol. The molecule has 0 aliphatic carbocycles. The van der Waals surface area contributed by atoms with Crippen LogP contribution in [0.3, 0.4) is 0 Å². The second-order valence-corrected chi connectivity index (χ2v) is 3.56. The van der Waals surface area contributed by atoms with Gasteiger partial charge in [0, 0.05) is 5.56 Å². The highest BCUT2D eigenvalue weighted by atomic mass is 16.6. The molecule has 0 radical (unpaired) electrons. The zero-order valence-corrected chi connectivity index (χ0v) is 8.80. The fraction of sp³-hybridized carbons (Fsp3) is 0.182. The topological polar surface area (TPSA) is 82.0 Å². The quantitative estimate of drug-likeness (QED) is 0.785. The Morgan fingerprint density at radius 3 is 2.56 bits per heavy atom. The third-order valence-electron chi connectivity index (χ3n) is 2.29. The van der Waals surface area contributed by atoms with Crippen molar-refractivity contribution in [3.8, 4) is 0 Å². The number of ketones is 1. The molecule has 0 saturated heterocycles. The first-order valence-corrected chi connectivity index (χ1v) is 4.83. The molecule has 2 rings (SSSR count). The van der Waals surface area contributed by atoms with Crippen molar-refractivity contribution in [2.45, 2.75) is 13.3 Å². The molecule has 0 unspecified atom stereocenters. The Hall–Kier alpha value is -2.17. The predicted molar refractivity (Wildman–Crippen MR) is 57.9 cm³/mol. The molecule has 0 bridgehead atoms. The van der Waals surface area contributed by atoms with Crippen molar-refractivity contribution in [2.24, 2.45) is 0 Å². The number of anilines is 1. The first kappa shape index (κ1) is 10.4. The van der Waals surface area contributed by atoms with E-state index in [1.54, 1.807) is 12.1 Å². The minimum absolute atomic E-state index is 0.0533. The van der Waals surface area contributed by atoms with E-state index in [2.05, 4.69) is 14.9 Å². The molecule has 1 aromatic heterocycles. The van der Waals surface area contributed by atoms with E-state index in [4.69, 9.17) is 5.73 Å². The van der Waals surface area contributed by atoms with Crippen LogP contribution in [-0.4, -0.2) is 16.1 Å². The average Bonchev–Trinajstić information content (AvgIpc) is 2.65. The maximum absolute atomic E-state index is 11.8. The molecule has 1 heterocycles. The Morgan fingerprint density at radius 1 is 1.31 bits per heavy atom. The molecule has 0 aliphatic heterocycles. The zero-order chi connectivity index (χ0) is 11.5. The summed E-state index contributed by atoms with van der Waals surface area (Å²) in [6, 6.07) is 7.33. The number of nitrogens with zero attached hydrogens (tertiary/aromatic N) is 2. The zero-order valence-electron chi connectivity index (χ0n) is 8.80. The van der Waals surface area contributed by atoms with Gasteiger partial charge in [0.15, 0.2) is 11.6 Å². The summed E-state index contributed by atoms with van der Waals surface area (Å²) in [5.41, 5.74) is 7.59. The lowest BCUT2D eigenvalue weighted by atomic mass is 10.1. The summed E-state index contributed by atoms with van der Waals surface area (Å²) >= 11 is 0. The minimum Gasteiger partial charge on any atom is -0.379 e. The number of Topliss-reactive ketones (excluding diaryl/α,β-unsaturated/α-hetero) is 1. The molecule has 5 nitrogen and oxygen atoms in total. The number of carbonyl (C=O) groups is 1. The lowest BCUT2D eigenvalue weighted by molar-refractivity contribution is 0.0990. The summed E-state index contributed by atoms with van der Waals surface area (Å²) in [6.45, 7) is 1.97. The van der Waals surface area contributed by atoms with Crippen LogP contribution in [0.25, 0.3) is 0 Å². The summed E-state index contributed by atoms with van der Waals surface area (Å²) in [4.78, 5) is 11.8. The van der Waals surface area contributed by atoms with Crippen LogP contribution < -0.4 is 5.73 Å². The van der Waals surface area contributed by atoms with E-state index in [0.717, 1.165) is 5.56 Å². The minimum atomic E-state index is -0.0533. The van der Waals surface area contributed by atoms with E-state index in [9.17, 15) is 4.79 Å². The van der Waals surface area contributed by atoms with Crippen molar-refractivity contribution < 1.29 is 9.42 Å². The van der Waals surface area contributed by atoms with Crippen molar-refractivity contribution in [3.05, 3.63) is 41.1 Å². The fourth-order valence-corrected chi connectivity index (χ4v) is 1.33. The summed E-state index contributed by atoms with van der Waals surface area (Å²) < 4.78 is 4.42. The maximum Gasteiger partial charge on any atom is 0.191 e. The molecule has 2 N–H and O–H groups in total. The number of aryl methyl sites for hydroxylation is 1. The molecule has 0 atom stereocenters. The summed E-state index contributed by atoms with van der Waals surface area (Å²) in [5.74, 6) is 0.114. The van der Waals surface area contributed by atoms with E-state index in [0.29, 0.717) is 11.3 Å². The van der Waals surface area contributed by atoms with Gasteiger partial charge in [-0.3, -0.25) is 4.79 Å². The normalized spacial score (nSPS) is 10.3. The molecule has 16 heavy (non-hydrogen) atoms. The third-order valence-corrected chi connectivity index (χ3v) is 2.29. The highest BCUT2D eigenvalue weighted by Crippen LogP contribution is 2.10. The number of aromatic nitrogens is 2. The van der Waals surface area contributed by atoms with Gasteiger partial charge in [-0.05, 0) is 12.1 Å². The van der Waals surface area contributed by atoms with Gasteiger partial charge in [-0.15, -0.1) is 0 Å². The standard InChI is InChI=1S/C11H11N3O2/c1-7-2-4-8(5-3-7)10(15)6-9-11(12)14-16-13-9/h2-5H,6H2,1H3,(H2,12,14). The van der Waals surface area contributed by atoms with Crippen molar-refractivity contribution in [1.29, 1.82) is 0 Å². The summed E-state index contributed by atoms with van der Waals surface area (Å²) in [6.07, 6.45) is 0.110. The van der Waals surface area contributed by atoms with Gasteiger partial charge in [-0.25, -0.2) is 4.63 Å². The summed E-state index contributed by atoms with van der Waals surface area (Å²) in [7, 11) is 0. The van der Waals surface area contributed by atoms with Crippen molar-refractivity contribution in [2.75, 3.05) is 5.73 Å². The molecule has 2 aromatic rings. The van der Waals surface area contributed by atoms with Gasteiger partial charge >= 0.3 is 0 Å². The van der Waals surface area contributed by atoms with Gasteiger partial charge in [-0.2, -0.15) is 0 Å². The lowest BCUT2D eigenvalue weighted by Gasteiger charge is -1.99. The van der Waals surface area contributed by atoms with Crippen molar-refractivity contribution >= 4 is 11.6 Å². The van der Waals surface area contributed by atoms with E-state index >= 15 is 0 Å². The molecule has 5 heteroatoms. The number of hydrogen-bond donors (Lipinski definition) is 1. The Bertz CT molecular complexity index is 502. The van der Waals surface area contributed by atoms with Gasteiger partial charge in [0.2, 0.25) is 0 Å². The van der Waals surface area contributed by atoms with Gasteiger partial charge in [0.1, 0.15) is 5.69 Å². The number of benzene rings is 1. The molecule has 0 spiro atoms. The van der Waals surface area contributed by atoms with Crippen LogP contribution in [0.5, 0.6) is 0 Å². The van der Waals surface area contributed by atoms with Crippen LogP contribution in [0.2, 0.25) is 0 Å². The molecule has 1 aromatic carbocycles. The monoisotopic (exact) mass is 217 g/mol. The van der Waals surface area contributed by atoms with Gasteiger partial charge in [0.25, 0.3) is 0 Å². The van der Waals surface area contributed by atoms with E-state index < -0.39 is 0 Å². The second kappa shape index (κ2) is 4.14. The molecule has 82 valence electrons. The number of hydrogen-bond acceptors (Lipinski definition) is 5. The van der Waals surface area contributed by atoms with Crippen molar-refractivity contribution in [1.82, 2.24) is 10.3 Å². The molecular weight excluding hydrogens is 206 g/mol. The van der Waals surface area contributed by atoms with Gasteiger partial charge < -0.3 is 5.73 Å². The largest absolute Gasteiger partial charge is 0.379 e. The van der Waals surface area contributed by atoms with Crippen molar-refractivity contribution in [3.63, 3.8) is 0 Å². The molecule has 0 fully saturated rings. The second-order valence-electron chi connectivity index (χ2n) is 3.56. The van der Waals surface area contributed by atoms with Gasteiger partial charge in [0.05, 0.1) is 6.42 Å². The molecule has 0 amide bonds. The predicted octanol–water partition coefficient (Wildman–Crippen LogP) is 1.39. The Kier molecular flexibility index (Phi) is 2.68. The molecule has 0 saturated carbocycles. The fourth-order valence-electron chi connectivity index (χ4n) is 1.33. The SMILES string of the molecule is Cc1ccc(C(=O)Cc2nonc2N)cc1. The summed E-state index contributed by atoms with van der Waals surface area (Å²) in [5, 5.41) is 6.98. The van der Waals surface area contributed by atoms with Crippen LogP contribution in [0.4, 0.5) is 5.82 Å². The molecule has 0 aliphatic rings. The number of nitrogen functional groups attached to an aromatic ring is 1. The molecular formula is C11H11N3O2. The van der Waals surface area contributed by atoms with E-state index in [1.165, 1.54) is 0 Å². The lowest BCUT2D eigenvalue weighted by Crippen LogP contribution is -2.05. The number of carbonyl (C=O) groups excluding carboxylic acids is 1.